The Balaban J connectivity index is 1.40. The Labute approximate surface area is 253 Å². The van der Waals surface area contributed by atoms with E-state index in [1.54, 1.807) is 12.1 Å². The number of ether oxygens (including phenoxy) is 1. The van der Waals surface area contributed by atoms with Crippen molar-refractivity contribution in [3.8, 4) is 6.07 Å². The molecule has 43 heavy (non-hydrogen) atoms. The molecule has 2 saturated heterocycles. The zero-order valence-electron chi connectivity index (χ0n) is 25.3. The maximum atomic E-state index is 14.2. The van der Waals surface area contributed by atoms with Gasteiger partial charge in [0.1, 0.15) is 5.82 Å². The second kappa shape index (κ2) is 13.0. The Morgan fingerprint density at radius 1 is 1.09 bits per heavy atom. The molecule has 3 heterocycles. The van der Waals surface area contributed by atoms with Crippen LogP contribution in [-0.2, 0) is 21.4 Å². The van der Waals surface area contributed by atoms with Crippen molar-refractivity contribution in [2.24, 2.45) is 0 Å². The molecule has 2 fully saturated rings. The SMILES string of the molecule is C[C@@H]1COCCN1C[C@H]1CN(C(=O)O)[C@H](C)CN1CC(=O)N1C[C@](C)(CCC#N)c2ccc(Cc3ccc(F)cc3)cc21. The van der Waals surface area contributed by atoms with Crippen LogP contribution in [-0.4, -0.2) is 102 Å². The fourth-order valence-electron chi connectivity index (χ4n) is 6.85. The highest BCUT2D eigenvalue weighted by molar-refractivity contribution is 5.97. The van der Waals surface area contributed by atoms with Crippen LogP contribution >= 0.6 is 0 Å². The van der Waals surface area contributed by atoms with Crippen molar-refractivity contribution < 1.29 is 23.8 Å². The monoisotopic (exact) mass is 591 g/mol. The van der Waals surface area contributed by atoms with E-state index in [0.29, 0.717) is 58.7 Å². The molecule has 0 unspecified atom stereocenters. The van der Waals surface area contributed by atoms with E-state index in [-0.39, 0.29) is 41.8 Å². The molecule has 5 rings (SSSR count). The summed E-state index contributed by atoms with van der Waals surface area (Å²) < 4.78 is 19.1. The molecule has 3 aliphatic rings. The number of piperazine rings is 1. The molecule has 0 aliphatic carbocycles. The number of halogens is 1. The van der Waals surface area contributed by atoms with Gasteiger partial charge in [-0.2, -0.15) is 5.26 Å². The highest BCUT2D eigenvalue weighted by Gasteiger charge is 2.43. The number of morpholine rings is 1. The summed E-state index contributed by atoms with van der Waals surface area (Å²) in [4.78, 5) is 34.1. The summed E-state index contributed by atoms with van der Waals surface area (Å²) in [5, 5.41) is 19.2. The molecule has 1 N–H and O–H groups in total. The van der Waals surface area contributed by atoms with Crippen molar-refractivity contribution in [2.45, 2.75) is 63.6 Å². The molecule has 9 nitrogen and oxygen atoms in total. The van der Waals surface area contributed by atoms with E-state index in [0.717, 1.165) is 28.9 Å². The molecule has 2 amide bonds. The van der Waals surface area contributed by atoms with Gasteiger partial charge in [-0.1, -0.05) is 31.2 Å². The standard InChI is InChI=1S/C33H42FN5O4/c1-23-17-37(28(19-38(23)32(41)42)18-36-13-14-43-21-24(36)2)20-31(40)39-22-33(3,11-4-12-35)29-10-7-26(16-30(29)39)15-25-5-8-27(34)9-6-25/h5-10,16,23-24,28H,4,11,13-15,17-22H2,1-3H3,(H,41,42)/t23-,24-,28+,33+/m1/s1. The van der Waals surface area contributed by atoms with Crippen LogP contribution in [0.4, 0.5) is 14.9 Å². The average Bonchev–Trinajstić information content (AvgIpc) is 3.27. The topological polar surface area (TPSA) is 100 Å². The van der Waals surface area contributed by atoms with Crippen LogP contribution in [0.5, 0.6) is 0 Å². The minimum atomic E-state index is -0.936. The molecule has 0 bridgehead atoms. The van der Waals surface area contributed by atoms with Gasteiger partial charge in [0, 0.05) is 68.4 Å². The van der Waals surface area contributed by atoms with E-state index in [1.165, 1.54) is 17.0 Å². The normalized spacial score (nSPS) is 26.3. The van der Waals surface area contributed by atoms with Crippen molar-refractivity contribution in [1.82, 2.24) is 14.7 Å². The molecule has 4 atom stereocenters. The number of amides is 2. The number of anilines is 1. The second-order valence-electron chi connectivity index (χ2n) is 12.6. The molecular formula is C33H42FN5O4. The minimum absolute atomic E-state index is 0.0307. The van der Waals surface area contributed by atoms with Crippen molar-refractivity contribution in [3.05, 3.63) is 65.0 Å². The van der Waals surface area contributed by atoms with E-state index in [4.69, 9.17) is 4.74 Å². The lowest BCUT2D eigenvalue weighted by Crippen LogP contribution is -2.64. The van der Waals surface area contributed by atoms with E-state index in [1.807, 2.05) is 11.8 Å². The number of carbonyl (C=O) groups excluding carboxylic acids is 1. The summed E-state index contributed by atoms with van der Waals surface area (Å²) >= 11 is 0. The highest BCUT2D eigenvalue weighted by Crippen LogP contribution is 2.44. The van der Waals surface area contributed by atoms with E-state index >= 15 is 0 Å². The zero-order valence-corrected chi connectivity index (χ0v) is 25.3. The van der Waals surface area contributed by atoms with Gasteiger partial charge in [0.25, 0.3) is 0 Å². The third kappa shape index (κ3) is 6.85. The average molecular weight is 592 g/mol. The van der Waals surface area contributed by atoms with Gasteiger partial charge in [0.2, 0.25) is 5.91 Å². The molecule has 0 saturated carbocycles. The molecule has 2 aromatic carbocycles. The van der Waals surface area contributed by atoms with E-state index in [2.05, 4.69) is 47.9 Å². The first kappa shape index (κ1) is 30.9. The molecule has 0 radical (unpaired) electrons. The molecule has 2 aromatic rings. The van der Waals surface area contributed by atoms with Gasteiger partial charge >= 0.3 is 6.09 Å². The smallest absolute Gasteiger partial charge is 0.407 e. The maximum Gasteiger partial charge on any atom is 0.407 e. The van der Waals surface area contributed by atoms with Crippen molar-refractivity contribution >= 4 is 17.7 Å². The van der Waals surface area contributed by atoms with E-state index in [9.17, 15) is 24.3 Å². The first-order chi connectivity index (χ1) is 20.6. The number of benzene rings is 2. The van der Waals surface area contributed by atoms with Crippen LogP contribution in [0.3, 0.4) is 0 Å². The van der Waals surface area contributed by atoms with Crippen LogP contribution < -0.4 is 4.90 Å². The van der Waals surface area contributed by atoms with Crippen molar-refractivity contribution in [1.29, 1.82) is 5.26 Å². The van der Waals surface area contributed by atoms with Crippen molar-refractivity contribution in [3.63, 3.8) is 0 Å². The fraction of sp³-hybridized carbons (Fsp3) is 0.545. The van der Waals surface area contributed by atoms with Gasteiger partial charge in [0.15, 0.2) is 0 Å². The van der Waals surface area contributed by atoms with Gasteiger partial charge in [-0.05, 0) is 61.6 Å². The lowest BCUT2D eigenvalue weighted by Gasteiger charge is -2.47. The summed E-state index contributed by atoms with van der Waals surface area (Å²) in [6.45, 7) is 10.3. The van der Waals surface area contributed by atoms with E-state index < -0.39 is 6.09 Å². The van der Waals surface area contributed by atoms with Gasteiger partial charge in [-0.15, -0.1) is 0 Å². The fourth-order valence-corrected chi connectivity index (χ4v) is 6.85. The quantitative estimate of drug-likeness (QED) is 0.494. The number of carbonyl (C=O) groups is 2. The van der Waals surface area contributed by atoms with Crippen LogP contribution in [0.1, 0.15) is 50.3 Å². The zero-order chi connectivity index (χ0) is 30.7. The summed E-state index contributed by atoms with van der Waals surface area (Å²) in [7, 11) is 0. The van der Waals surface area contributed by atoms with Crippen molar-refractivity contribution in [2.75, 3.05) is 57.4 Å². The number of rotatable bonds is 8. The molecule has 0 aromatic heterocycles. The largest absolute Gasteiger partial charge is 0.465 e. The summed E-state index contributed by atoms with van der Waals surface area (Å²) in [5.41, 5.74) is 3.57. The highest BCUT2D eigenvalue weighted by atomic mass is 19.1. The summed E-state index contributed by atoms with van der Waals surface area (Å²) in [5.74, 6) is -0.306. The predicted octanol–water partition coefficient (Wildman–Crippen LogP) is 4.10. The number of carboxylic acid groups (broad SMARTS) is 1. The molecule has 10 heteroatoms. The Morgan fingerprint density at radius 2 is 1.84 bits per heavy atom. The lowest BCUT2D eigenvalue weighted by atomic mass is 9.80. The predicted molar refractivity (Wildman–Crippen MR) is 162 cm³/mol. The number of hydrogen-bond acceptors (Lipinski definition) is 6. The Bertz CT molecular complexity index is 1360. The number of fused-ring (bicyclic) bond motifs is 1. The molecule has 3 aliphatic heterocycles. The third-order valence-corrected chi connectivity index (χ3v) is 9.41. The second-order valence-corrected chi connectivity index (χ2v) is 12.6. The number of hydrogen-bond donors (Lipinski definition) is 1. The lowest BCUT2D eigenvalue weighted by molar-refractivity contribution is -0.121. The van der Waals surface area contributed by atoms with Crippen LogP contribution in [0.2, 0.25) is 0 Å². The molecular weight excluding hydrogens is 549 g/mol. The maximum absolute atomic E-state index is 14.2. The minimum Gasteiger partial charge on any atom is -0.465 e. The molecule has 230 valence electrons. The Morgan fingerprint density at radius 3 is 2.53 bits per heavy atom. The van der Waals surface area contributed by atoms with Gasteiger partial charge < -0.3 is 19.6 Å². The Kier molecular flexibility index (Phi) is 9.35. The first-order valence-corrected chi connectivity index (χ1v) is 15.2. The van der Waals surface area contributed by atoms with Crippen LogP contribution in [0.15, 0.2) is 42.5 Å². The summed E-state index contributed by atoms with van der Waals surface area (Å²) in [6, 6.07) is 14.8. The Hall–Kier alpha value is -3.52. The van der Waals surface area contributed by atoms with Gasteiger partial charge in [-0.25, -0.2) is 9.18 Å². The first-order valence-electron chi connectivity index (χ1n) is 15.2. The number of nitriles is 1. The number of nitrogens with zero attached hydrogens (tertiary/aromatic N) is 5. The van der Waals surface area contributed by atoms with Crippen LogP contribution in [0.25, 0.3) is 0 Å². The molecule has 0 spiro atoms. The third-order valence-electron chi connectivity index (χ3n) is 9.41. The van der Waals surface area contributed by atoms with Gasteiger partial charge in [0.05, 0.1) is 25.8 Å². The summed E-state index contributed by atoms with van der Waals surface area (Å²) in [6.07, 6.45) is 0.709. The van der Waals surface area contributed by atoms with Gasteiger partial charge in [-0.3, -0.25) is 14.6 Å². The van der Waals surface area contributed by atoms with Crippen LogP contribution in [0, 0.1) is 17.1 Å².